The molecular formula is C17H24N2O14. The van der Waals surface area contributed by atoms with Crippen LogP contribution in [-0.4, -0.2) is 60.3 Å². The van der Waals surface area contributed by atoms with Crippen LogP contribution in [0.1, 0.15) is 46.5 Å². The summed E-state index contributed by atoms with van der Waals surface area (Å²) >= 11 is 0. The van der Waals surface area contributed by atoms with Gasteiger partial charge in [0.05, 0.1) is 6.42 Å². The van der Waals surface area contributed by atoms with Crippen molar-refractivity contribution in [1.29, 1.82) is 0 Å². The lowest BCUT2D eigenvalue weighted by Crippen LogP contribution is -2.38. The standard InChI is InChI=1S/C17H24N2O14/c1-4-6-11(20)30-32-16(25)28-12(21)7-9(19)14(23)29-17(26)33-31-15(24)10(5-2)27-13(22)8(3)18/h8-10H,4-7,18-19H2,1-3H3. The molecule has 0 amide bonds. The van der Waals surface area contributed by atoms with Gasteiger partial charge in [0, 0.05) is 6.42 Å². The molecule has 0 aromatic rings. The van der Waals surface area contributed by atoms with E-state index in [2.05, 4.69) is 29.0 Å². The second kappa shape index (κ2) is 15.1. The van der Waals surface area contributed by atoms with Crippen molar-refractivity contribution in [2.75, 3.05) is 0 Å². The summed E-state index contributed by atoms with van der Waals surface area (Å²) in [6, 6.07) is -2.84. The van der Waals surface area contributed by atoms with Gasteiger partial charge in [0.1, 0.15) is 12.1 Å². The molecule has 16 nitrogen and oxygen atoms in total. The highest BCUT2D eigenvalue weighted by atomic mass is 17.2. The van der Waals surface area contributed by atoms with Crippen molar-refractivity contribution in [3.8, 4) is 0 Å². The number of hydrogen-bond acceptors (Lipinski definition) is 16. The Morgan fingerprint density at radius 3 is 1.85 bits per heavy atom. The largest absolute Gasteiger partial charge is 0.557 e. The van der Waals surface area contributed by atoms with Crippen LogP contribution in [0.25, 0.3) is 0 Å². The predicted octanol–water partition coefficient (Wildman–Crippen LogP) is -0.551. The highest BCUT2D eigenvalue weighted by Crippen LogP contribution is 2.05. The second-order valence-electron chi connectivity index (χ2n) is 6.10. The molecule has 0 aromatic carbocycles. The summed E-state index contributed by atoms with van der Waals surface area (Å²) in [5, 5.41) is 0. The van der Waals surface area contributed by atoms with Crippen LogP contribution in [0, 0.1) is 0 Å². The normalized spacial score (nSPS) is 12.8. The molecule has 186 valence electrons. The van der Waals surface area contributed by atoms with Crippen LogP contribution in [0.2, 0.25) is 0 Å². The zero-order valence-corrected chi connectivity index (χ0v) is 17.9. The van der Waals surface area contributed by atoms with Crippen molar-refractivity contribution in [3.63, 3.8) is 0 Å². The topological polar surface area (TPSA) is 236 Å². The molecule has 0 bridgehead atoms. The first kappa shape index (κ1) is 29.2. The Labute approximate surface area is 186 Å². The van der Waals surface area contributed by atoms with Crippen molar-refractivity contribution in [2.24, 2.45) is 11.5 Å². The van der Waals surface area contributed by atoms with Gasteiger partial charge in [-0.25, -0.2) is 33.9 Å². The van der Waals surface area contributed by atoms with Crippen molar-refractivity contribution in [3.05, 3.63) is 0 Å². The molecule has 0 spiro atoms. The molecule has 4 N–H and O–H groups in total. The molecule has 0 saturated heterocycles. The number of hydrogen-bond donors (Lipinski definition) is 2. The zero-order chi connectivity index (χ0) is 25.6. The lowest BCUT2D eigenvalue weighted by Gasteiger charge is -2.15. The van der Waals surface area contributed by atoms with E-state index in [1.54, 1.807) is 6.92 Å². The molecule has 0 aliphatic carbocycles. The van der Waals surface area contributed by atoms with E-state index >= 15 is 0 Å². The van der Waals surface area contributed by atoms with Gasteiger partial charge in [-0.2, -0.15) is 9.59 Å². The summed E-state index contributed by atoms with van der Waals surface area (Å²) in [5.74, 6) is -6.03. The number of esters is 3. The van der Waals surface area contributed by atoms with Crippen molar-refractivity contribution >= 4 is 42.2 Å². The maximum Gasteiger partial charge on any atom is 0.557 e. The molecule has 0 fully saturated rings. The molecule has 0 saturated carbocycles. The predicted molar refractivity (Wildman–Crippen MR) is 98.7 cm³/mol. The average molecular weight is 480 g/mol. The summed E-state index contributed by atoms with van der Waals surface area (Å²) in [6.45, 7) is 4.42. The summed E-state index contributed by atoms with van der Waals surface area (Å²) in [6.07, 6.45) is -5.66. The minimum Gasteiger partial charge on any atom is -0.449 e. The van der Waals surface area contributed by atoms with Crippen LogP contribution in [0.3, 0.4) is 0 Å². The van der Waals surface area contributed by atoms with E-state index in [-0.39, 0.29) is 12.8 Å². The monoisotopic (exact) mass is 480 g/mol. The minimum absolute atomic E-state index is 0.0537. The van der Waals surface area contributed by atoms with E-state index in [9.17, 15) is 33.6 Å². The number of nitrogens with two attached hydrogens (primary N) is 2. The van der Waals surface area contributed by atoms with Gasteiger partial charge in [-0.05, 0) is 19.8 Å². The maximum absolute atomic E-state index is 11.7. The van der Waals surface area contributed by atoms with Crippen molar-refractivity contribution < 1.29 is 67.3 Å². The molecule has 0 radical (unpaired) electrons. The second-order valence-corrected chi connectivity index (χ2v) is 6.10. The Balaban J connectivity index is 4.41. The Bertz CT molecular complexity index is 750. The Morgan fingerprint density at radius 2 is 1.30 bits per heavy atom. The minimum atomic E-state index is -1.84. The van der Waals surface area contributed by atoms with Crippen LogP contribution in [0.15, 0.2) is 0 Å². The van der Waals surface area contributed by atoms with E-state index in [0.29, 0.717) is 6.42 Å². The first-order valence-corrected chi connectivity index (χ1v) is 9.38. The van der Waals surface area contributed by atoms with E-state index < -0.39 is 66.8 Å². The third kappa shape index (κ3) is 12.6. The lowest BCUT2D eigenvalue weighted by molar-refractivity contribution is -0.251. The van der Waals surface area contributed by atoms with E-state index in [4.69, 9.17) is 16.2 Å². The van der Waals surface area contributed by atoms with Gasteiger partial charge in [0.25, 0.3) is 0 Å². The molecule has 0 aromatic heterocycles. The van der Waals surface area contributed by atoms with E-state index in [1.807, 2.05) is 0 Å². The number of carbonyl (C=O) groups excluding carboxylic acids is 7. The van der Waals surface area contributed by atoms with Gasteiger partial charge in [-0.3, -0.25) is 9.59 Å². The van der Waals surface area contributed by atoms with Crippen molar-refractivity contribution in [2.45, 2.75) is 64.6 Å². The van der Waals surface area contributed by atoms with Gasteiger partial charge in [-0.15, -0.1) is 0 Å². The number of rotatable bonds is 9. The number of ether oxygens (including phenoxy) is 3. The zero-order valence-electron chi connectivity index (χ0n) is 17.9. The Morgan fingerprint density at radius 1 is 0.727 bits per heavy atom. The van der Waals surface area contributed by atoms with Crippen LogP contribution < -0.4 is 11.5 Å². The quantitative estimate of drug-likeness (QED) is 0.138. The first-order chi connectivity index (χ1) is 15.4. The summed E-state index contributed by atoms with van der Waals surface area (Å²) in [7, 11) is 0. The van der Waals surface area contributed by atoms with Gasteiger partial charge >= 0.3 is 42.2 Å². The van der Waals surface area contributed by atoms with Gasteiger partial charge in [0.2, 0.25) is 6.10 Å². The fourth-order valence-electron chi connectivity index (χ4n) is 1.59. The van der Waals surface area contributed by atoms with Crippen LogP contribution in [0.4, 0.5) is 9.59 Å². The van der Waals surface area contributed by atoms with Gasteiger partial charge < -0.3 is 25.7 Å². The van der Waals surface area contributed by atoms with Crippen molar-refractivity contribution in [1.82, 2.24) is 0 Å². The smallest absolute Gasteiger partial charge is 0.449 e. The third-order valence-electron chi connectivity index (χ3n) is 3.18. The molecule has 0 heterocycles. The fraction of sp³-hybridized carbons (Fsp3) is 0.588. The average Bonchev–Trinajstić information content (AvgIpc) is 2.73. The van der Waals surface area contributed by atoms with Gasteiger partial charge in [0.15, 0.2) is 0 Å². The fourth-order valence-corrected chi connectivity index (χ4v) is 1.59. The van der Waals surface area contributed by atoms with Crippen LogP contribution in [0.5, 0.6) is 0 Å². The molecular weight excluding hydrogens is 456 g/mol. The summed E-state index contributed by atoms with van der Waals surface area (Å²) in [4.78, 5) is 95.8. The molecule has 0 aliphatic rings. The Kier molecular flexibility index (Phi) is 13.4. The Hall–Kier alpha value is -3.79. The lowest BCUT2D eigenvalue weighted by atomic mass is 10.2. The molecule has 33 heavy (non-hydrogen) atoms. The summed E-state index contributed by atoms with van der Waals surface area (Å²) < 4.78 is 12.9. The van der Waals surface area contributed by atoms with Gasteiger partial charge in [-0.1, -0.05) is 13.8 Å². The molecule has 3 unspecified atom stereocenters. The van der Waals surface area contributed by atoms with Crippen LogP contribution in [-0.2, 0) is 57.7 Å². The summed E-state index contributed by atoms with van der Waals surface area (Å²) in [5.41, 5.74) is 10.6. The third-order valence-corrected chi connectivity index (χ3v) is 3.18. The van der Waals surface area contributed by atoms with Crippen LogP contribution >= 0.6 is 0 Å². The molecule has 16 heteroatoms. The maximum atomic E-state index is 11.7. The number of carbonyl (C=O) groups is 7. The highest BCUT2D eigenvalue weighted by Gasteiger charge is 2.29. The van der Waals surface area contributed by atoms with E-state index in [1.165, 1.54) is 13.8 Å². The molecule has 3 atom stereocenters. The first-order valence-electron chi connectivity index (χ1n) is 9.38. The molecule has 0 aliphatic heterocycles. The highest BCUT2D eigenvalue weighted by molar-refractivity contribution is 5.90. The SMILES string of the molecule is CCCC(=O)OOC(=O)OC(=O)CC(N)C(=O)OC(=O)OOC(=O)C(CC)OC(=O)C(C)N. The van der Waals surface area contributed by atoms with E-state index in [0.717, 1.165) is 0 Å². The molecule has 0 rings (SSSR count).